The molecule has 2 fully saturated rings. The minimum Gasteiger partial charge on any atom is -0.399 e. The second-order valence-electron chi connectivity index (χ2n) is 7.94. The Labute approximate surface area is 150 Å². The second kappa shape index (κ2) is 6.59. The number of piperazine rings is 1. The number of aryl methyl sites for hydroxylation is 1. The van der Waals surface area contributed by atoms with Crippen LogP contribution in [-0.4, -0.2) is 61.4 Å². The number of nitrogens with zero attached hydrogens (tertiary/aromatic N) is 3. The Bertz CT molecular complexity index is 566. The molecule has 2 aliphatic heterocycles. The summed E-state index contributed by atoms with van der Waals surface area (Å²) in [4.78, 5) is 9.72. The average Bonchev–Trinajstić information content (AvgIpc) is 2.99. The normalized spacial score (nSPS) is 23.9. The van der Waals surface area contributed by atoms with Gasteiger partial charge in [0.25, 0.3) is 0 Å². The van der Waals surface area contributed by atoms with E-state index in [4.69, 9.17) is 14.3 Å². The smallest absolute Gasteiger partial charge is 0.399 e. The Hall–Kier alpha value is -0.625. The molecule has 2 aliphatic rings. The van der Waals surface area contributed by atoms with Crippen molar-refractivity contribution >= 4 is 28.4 Å². The minimum atomic E-state index is -0.306. The van der Waals surface area contributed by atoms with Gasteiger partial charge in [-0.1, -0.05) is 13.3 Å². The lowest BCUT2D eigenvalue weighted by Crippen LogP contribution is -2.44. The van der Waals surface area contributed by atoms with Crippen molar-refractivity contribution in [3.63, 3.8) is 0 Å². The van der Waals surface area contributed by atoms with Crippen LogP contribution in [0.1, 0.15) is 46.7 Å². The van der Waals surface area contributed by atoms with Crippen LogP contribution in [-0.2, 0) is 15.7 Å². The van der Waals surface area contributed by atoms with Crippen LogP contribution >= 0.6 is 11.3 Å². The average molecular weight is 351 g/mol. The number of aromatic nitrogens is 1. The summed E-state index contributed by atoms with van der Waals surface area (Å²) in [5, 5.41) is 1.12. The number of hydrogen-bond donors (Lipinski definition) is 0. The maximum Gasteiger partial charge on any atom is 0.507 e. The molecule has 1 aromatic rings. The summed E-state index contributed by atoms with van der Waals surface area (Å²) in [5.41, 5.74) is 0.535. The van der Waals surface area contributed by atoms with Crippen molar-refractivity contribution in [2.45, 2.75) is 58.7 Å². The van der Waals surface area contributed by atoms with Crippen LogP contribution < -0.4 is 9.68 Å². The highest BCUT2D eigenvalue weighted by Gasteiger charge is 2.53. The molecule has 0 amide bonds. The molecule has 5 nitrogen and oxygen atoms in total. The number of anilines is 1. The third kappa shape index (κ3) is 3.36. The highest BCUT2D eigenvalue weighted by Crippen LogP contribution is 2.37. The summed E-state index contributed by atoms with van der Waals surface area (Å²) in [6, 6.07) is 0. The van der Waals surface area contributed by atoms with Crippen LogP contribution in [0, 0.1) is 0 Å². The largest absolute Gasteiger partial charge is 0.507 e. The molecule has 7 heteroatoms. The maximum atomic E-state index is 6.28. The van der Waals surface area contributed by atoms with E-state index < -0.39 is 0 Å². The lowest BCUT2D eigenvalue weighted by atomic mass is 9.85. The molecule has 0 bridgehead atoms. The topological polar surface area (TPSA) is 37.8 Å². The molecule has 3 rings (SSSR count). The molecular weight excluding hydrogens is 321 g/mol. The molecule has 0 aromatic carbocycles. The Morgan fingerprint density at radius 2 is 1.67 bits per heavy atom. The fraction of sp³-hybridized carbons (Fsp3) is 0.824. The first-order valence-corrected chi connectivity index (χ1v) is 9.84. The van der Waals surface area contributed by atoms with E-state index in [2.05, 4.69) is 51.5 Å². The third-order valence-electron chi connectivity index (χ3n) is 5.44. The molecule has 0 N–H and O–H groups in total. The van der Waals surface area contributed by atoms with Crippen LogP contribution in [0.5, 0.6) is 0 Å². The Morgan fingerprint density at radius 3 is 2.21 bits per heavy atom. The van der Waals surface area contributed by atoms with Crippen LogP contribution in [0.2, 0.25) is 0 Å². The Kier molecular flexibility index (Phi) is 4.99. The van der Waals surface area contributed by atoms with Crippen LogP contribution in [0.15, 0.2) is 0 Å². The molecule has 134 valence electrons. The first kappa shape index (κ1) is 18.2. The first-order chi connectivity index (χ1) is 11.2. The van der Waals surface area contributed by atoms with E-state index in [0.717, 1.165) is 54.6 Å². The van der Waals surface area contributed by atoms with Crippen molar-refractivity contribution < 1.29 is 9.31 Å². The molecule has 2 saturated heterocycles. The lowest BCUT2D eigenvalue weighted by molar-refractivity contribution is 0.00578. The molecule has 0 unspecified atom stereocenters. The fourth-order valence-corrected chi connectivity index (χ4v) is 4.16. The van der Waals surface area contributed by atoms with Crippen molar-refractivity contribution in [2.24, 2.45) is 0 Å². The molecule has 0 atom stereocenters. The first-order valence-electron chi connectivity index (χ1n) is 9.02. The zero-order valence-electron chi connectivity index (χ0n) is 15.9. The summed E-state index contributed by atoms with van der Waals surface area (Å²) in [6.07, 6.45) is 2.06. The van der Waals surface area contributed by atoms with E-state index in [1.807, 2.05) is 0 Å². The van der Waals surface area contributed by atoms with Gasteiger partial charge in [0.05, 0.1) is 21.7 Å². The molecule has 24 heavy (non-hydrogen) atoms. The van der Waals surface area contributed by atoms with Crippen molar-refractivity contribution in [3.05, 3.63) is 5.69 Å². The summed E-state index contributed by atoms with van der Waals surface area (Å²) in [7, 11) is 1.88. The maximum absolute atomic E-state index is 6.28. The quantitative estimate of drug-likeness (QED) is 0.777. The van der Waals surface area contributed by atoms with Gasteiger partial charge < -0.3 is 19.1 Å². The van der Waals surface area contributed by atoms with Gasteiger partial charge in [-0.05, 0) is 41.2 Å². The molecule has 1 aromatic heterocycles. The summed E-state index contributed by atoms with van der Waals surface area (Å²) in [6.45, 7) is 14.9. The molecule has 0 radical (unpaired) electrons. The highest BCUT2D eigenvalue weighted by atomic mass is 32.1. The molecule has 3 heterocycles. The number of rotatable bonds is 4. The predicted molar refractivity (Wildman–Crippen MR) is 102 cm³/mol. The minimum absolute atomic E-state index is 0.296. The summed E-state index contributed by atoms with van der Waals surface area (Å²) < 4.78 is 13.7. The molecule has 0 spiro atoms. The van der Waals surface area contributed by atoms with Crippen LogP contribution in [0.3, 0.4) is 0 Å². The molecule has 0 saturated carbocycles. The van der Waals surface area contributed by atoms with Gasteiger partial charge in [-0.25, -0.2) is 4.98 Å². The van der Waals surface area contributed by atoms with Gasteiger partial charge in [-0.2, -0.15) is 0 Å². The van der Waals surface area contributed by atoms with Gasteiger partial charge in [0.1, 0.15) is 0 Å². The number of hydrogen-bond acceptors (Lipinski definition) is 6. The van der Waals surface area contributed by atoms with Crippen molar-refractivity contribution in [3.8, 4) is 0 Å². The van der Waals surface area contributed by atoms with E-state index in [1.54, 1.807) is 11.3 Å². The van der Waals surface area contributed by atoms with E-state index in [-0.39, 0.29) is 18.3 Å². The number of thiazole rings is 1. The Balaban J connectivity index is 1.85. The fourth-order valence-electron chi connectivity index (χ4n) is 3.03. The van der Waals surface area contributed by atoms with Crippen LogP contribution in [0.4, 0.5) is 5.13 Å². The van der Waals surface area contributed by atoms with Gasteiger partial charge in [0.15, 0.2) is 5.13 Å². The monoisotopic (exact) mass is 351 g/mol. The lowest BCUT2D eigenvalue weighted by Gasteiger charge is -2.32. The van der Waals surface area contributed by atoms with Crippen LogP contribution in [0.25, 0.3) is 0 Å². The standard InChI is InChI=1S/C17H30BN3O2S/c1-7-8-13-14(18-22-16(2,3)17(4,5)23-18)24-15(19-13)21-11-9-20(6)10-12-21/h7-12H2,1-6H3. The van der Waals surface area contributed by atoms with E-state index in [0.29, 0.717) is 0 Å². The van der Waals surface area contributed by atoms with E-state index in [9.17, 15) is 0 Å². The van der Waals surface area contributed by atoms with E-state index in [1.165, 1.54) is 0 Å². The second-order valence-corrected chi connectivity index (χ2v) is 8.95. The van der Waals surface area contributed by atoms with Crippen molar-refractivity contribution in [1.82, 2.24) is 9.88 Å². The van der Waals surface area contributed by atoms with Gasteiger partial charge >= 0.3 is 7.12 Å². The van der Waals surface area contributed by atoms with Crippen molar-refractivity contribution in [2.75, 3.05) is 38.1 Å². The Morgan fingerprint density at radius 1 is 1.08 bits per heavy atom. The van der Waals surface area contributed by atoms with E-state index >= 15 is 0 Å². The van der Waals surface area contributed by atoms with Gasteiger partial charge in [-0.15, -0.1) is 11.3 Å². The zero-order chi connectivity index (χ0) is 17.5. The summed E-state index contributed by atoms with van der Waals surface area (Å²) >= 11 is 1.75. The van der Waals surface area contributed by atoms with Gasteiger partial charge in [-0.3, -0.25) is 0 Å². The molecule has 0 aliphatic carbocycles. The summed E-state index contributed by atoms with van der Waals surface area (Å²) in [5.74, 6) is 0. The zero-order valence-corrected chi connectivity index (χ0v) is 16.7. The van der Waals surface area contributed by atoms with Crippen molar-refractivity contribution in [1.29, 1.82) is 0 Å². The SMILES string of the molecule is CCCc1nc(N2CCN(C)CC2)sc1B1OC(C)(C)C(C)(C)O1. The van der Waals surface area contributed by atoms with Gasteiger partial charge in [0.2, 0.25) is 0 Å². The number of likely N-dealkylation sites (N-methyl/N-ethyl adjacent to an activating group) is 1. The third-order valence-corrected chi connectivity index (χ3v) is 6.62. The van der Waals surface area contributed by atoms with Gasteiger partial charge in [0, 0.05) is 26.2 Å². The predicted octanol–water partition coefficient (Wildman–Crippen LogP) is 2.15. The molecular formula is C17H30BN3O2S. The highest BCUT2D eigenvalue weighted by molar-refractivity contribution is 7.25.